The molecule has 1 aliphatic carbocycles. The molecule has 3 rings (SSSR count). The Balaban J connectivity index is 1.68. The fourth-order valence-electron chi connectivity index (χ4n) is 4.00. The Morgan fingerprint density at radius 2 is 2.10 bits per heavy atom. The van der Waals surface area contributed by atoms with Gasteiger partial charge in [-0.3, -0.25) is 0 Å². The van der Waals surface area contributed by atoms with Crippen LogP contribution in [0.2, 0.25) is 0 Å². The molecule has 4 nitrogen and oxygen atoms in total. The van der Waals surface area contributed by atoms with Crippen LogP contribution in [-0.4, -0.2) is 36.8 Å². The molecule has 1 aromatic rings. The molecular weight excluding hydrogens is 262 g/mol. The third kappa shape index (κ3) is 2.39. The van der Waals surface area contributed by atoms with E-state index in [2.05, 4.69) is 55.0 Å². The van der Waals surface area contributed by atoms with Crippen LogP contribution in [0.5, 0.6) is 0 Å². The van der Waals surface area contributed by atoms with E-state index in [1.807, 2.05) is 6.20 Å². The monoisotopic (exact) mass is 289 g/mol. The summed E-state index contributed by atoms with van der Waals surface area (Å²) in [6.45, 7) is 11.8. The lowest BCUT2D eigenvalue weighted by molar-refractivity contribution is -0.0923. The summed E-state index contributed by atoms with van der Waals surface area (Å²) in [5.74, 6) is 1.71. The van der Waals surface area contributed by atoms with Crippen molar-refractivity contribution in [2.45, 2.75) is 46.3 Å². The maximum absolute atomic E-state index is 5.85. The molecule has 2 fully saturated rings. The van der Waals surface area contributed by atoms with Gasteiger partial charge >= 0.3 is 0 Å². The van der Waals surface area contributed by atoms with E-state index in [-0.39, 0.29) is 5.41 Å². The second-order valence-corrected chi connectivity index (χ2v) is 6.76. The van der Waals surface area contributed by atoms with Gasteiger partial charge in [-0.25, -0.2) is 4.98 Å². The zero-order chi connectivity index (χ0) is 15.0. The predicted octanol–water partition coefficient (Wildman–Crippen LogP) is 3.15. The van der Waals surface area contributed by atoms with Crippen LogP contribution in [0.3, 0.4) is 0 Å². The van der Waals surface area contributed by atoms with Gasteiger partial charge in [0, 0.05) is 37.1 Å². The number of nitrogens with one attached hydrogen (secondary N) is 1. The van der Waals surface area contributed by atoms with Crippen molar-refractivity contribution < 1.29 is 4.74 Å². The van der Waals surface area contributed by atoms with E-state index in [4.69, 9.17) is 4.74 Å². The number of aromatic nitrogens is 1. The predicted molar refractivity (Wildman–Crippen MR) is 86.8 cm³/mol. The third-order valence-corrected chi connectivity index (χ3v) is 5.26. The maximum Gasteiger partial charge on any atom is 0.128 e. The molecular formula is C17H27N3O. The van der Waals surface area contributed by atoms with Gasteiger partial charge in [0.05, 0.1) is 18.0 Å². The molecule has 4 heteroatoms. The number of pyridine rings is 1. The van der Waals surface area contributed by atoms with Gasteiger partial charge in [-0.2, -0.15) is 0 Å². The van der Waals surface area contributed by atoms with Crippen molar-refractivity contribution >= 4 is 11.5 Å². The summed E-state index contributed by atoms with van der Waals surface area (Å²) in [7, 11) is 0. The lowest BCUT2D eigenvalue weighted by Crippen LogP contribution is -2.63. The highest BCUT2D eigenvalue weighted by Gasteiger charge is 2.59. The lowest BCUT2D eigenvalue weighted by Gasteiger charge is -2.55. The standard InChI is InChI=1S/C17H27N3O/c1-5-20(6-2)14-8-7-12(11-18-14)19-15-13-9-10-21-16(13)17(15,3)4/h7-8,11,13,15-16,19H,5-6,9-10H2,1-4H3. The summed E-state index contributed by atoms with van der Waals surface area (Å²) >= 11 is 0. The van der Waals surface area contributed by atoms with Crippen LogP contribution in [0, 0.1) is 11.3 Å². The van der Waals surface area contributed by atoms with E-state index in [1.165, 1.54) is 6.42 Å². The van der Waals surface area contributed by atoms with Crippen LogP contribution in [0.15, 0.2) is 18.3 Å². The maximum atomic E-state index is 5.85. The fourth-order valence-corrected chi connectivity index (χ4v) is 4.00. The Morgan fingerprint density at radius 1 is 1.33 bits per heavy atom. The average Bonchev–Trinajstić information content (AvgIpc) is 2.94. The molecule has 116 valence electrons. The van der Waals surface area contributed by atoms with E-state index >= 15 is 0 Å². The van der Waals surface area contributed by atoms with Gasteiger partial charge in [-0.15, -0.1) is 0 Å². The zero-order valence-corrected chi connectivity index (χ0v) is 13.6. The highest BCUT2D eigenvalue weighted by Crippen LogP contribution is 2.53. The van der Waals surface area contributed by atoms with Crippen molar-refractivity contribution in [3.63, 3.8) is 0 Å². The largest absolute Gasteiger partial charge is 0.380 e. The van der Waals surface area contributed by atoms with Gasteiger partial charge in [0.25, 0.3) is 0 Å². The second-order valence-electron chi connectivity index (χ2n) is 6.76. The molecule has 0 radical (unpaired) electrons. The first-order chi connectivity index (χ1) is 10.1. The Morgan fingerprint density at radius 3 is 2.71 bits per heavy atom. The van der Waals surface area contributed by atoms with Gasteiger partial charge in [-0.1, -0.05) is 13.8 Å². The number of fused-ring (bicyclic) bond motifs is 1. The molecule has 1 aliphatic heterocycles. The lowest BCUT2D eigenvalue weighted by atomic mass is 9.57. The first-order valence-electron chi connectivity index (χ1n) is 8.17. The smallest absolute Gasteiger partial charge is 0.128 e. The van der Waals surface area contributed by atoms with Crippen molar-refractivity contribution in [3.05, 3.63) is 18.3 Å². The summed E-state index contributed by atoms with van der Waals surface area (Å²) in [4.78, 5) is 6.86. The fraction of sp³-hybridized carbons (Fsp3) is 0.706. The number of hydrogen-bond donors (Lipinski definition) is 1. The van der Waals surface area contributed by atoms with Crippen LogP contribution in [0.25, 0.3) is 0 Å². The van der Waals surface area contributed by atoms with Crippen molar-refractivity contribution in [1.29, 1.82) is 0 Å². The quantitative estimate of drug-likeness (QED) is 0.903. The summed E-state index contributed by atoms with van der Waals surface area (Å²) in [6, 6.07) is 4.76. The number of anilines is 2. The highest BCUT2D eigenvalue weighted by molar-refractivity contribution is 5.50. The molecule has 1 saturated carbocycles. The molecule has 1 saturated heterocycles. The van der Waals surface area contributed by atoms with Crippen LogP contribution >= 0.6 is 0 Å². The molecule has 0 aromatic carbocycles. The molecule has 3 atom stereocenters. The Labute approximate surface area is 127 Å². The molecule has 1 N–H and O–H groups in total. The molecule has 0 bridgehead atoms. The Bertz CT molecular complexity index is 481. The minimum Gasteiger partial charge on any atom is -0.380 e. The summed E-state index contributed by atoms with van der Waals surface area (Å²) in [5.41, 5.74) is 1.33. The molecule has 2 heterocycles. The van der Waals surface area contributed by atoms with Crippen molar-refractivity contribution in [2.75, 3.05) is 29.9 Å². The summed E-state index contributed by atoms with van der Waals surface area (Å²) in [6.07, 6.45) is 3.57. The van der Waals surface area contributed by atoms with Crippen LogP contribution in [0.4, 0.5) is 11.5 Å². The molecule has 1 aromatic heterocycles. The van der Waals surface area contributed by atoms with Crippen LogP contribution in [-0.2, 0) is 4.74 Å². The van der Waals surface area contributed by atoms with Gasteiger partial charge in [0.2, 0.25) is 0 Å². The van der Waals surface area contributed by atoms with Crippen molar-refractivity contribution in [2.24, 2.45) is 11.3 Å². The molecule has 2 aliphatic rings. The molecule has 21 heavy (non-hydrogen) atoms. The minimum atomic E-state index is 0.207. The van der Waals surface area contributed by atoms with E-state index < -0.39 is 0 Å². The Hall–Kier alpha value is -1.29. The van der Waals surface area contributed by atoms with Gasteiger partial charge in [0.1, 0.15) is 5.82 Å². The summed E-state index contributed by atoms with van der Waals surface area (Å²) in [5, 5.41) is 3.68. The number of hydrogen-bond acceptors (Lipinski definition) is 4. The highest BCUT2D eigenvalue weighted by atomic mass is 16.5. The zero-order valence-electron chi connectivity index (χ0n) is 13.6. The third-order valence-electron chi connectivity index (χ3n) is 5.26. The van der Waals surface area contributed by atoms with E-state index in [0.29, 0.717) is 18.1 Å². The summed E-state index contributed by atoms with van der Waals surface area (Å²) < 4.78 is 5.85. The van der Waals surface area contributed by atoms with E-state index in [1.54, 1.807) is 0 Å². The minimum absolute atomic E-state index is 0.207. The van der Waals surface area contributed by atoms with E-state index in [0.717, 1.165) is 31.2 Å². The number of nitrogens with zero attached hydrogens (tertiary/aromatic N) is 2. The Kier molecular flexibility index (Phi) is 3.82. The van der Waals surface area contributed by atoms with Crippen molar-refractivity contribution in [1.82, 2.24) is 4.98 Å². The molecule has 0 amide bonds. The number of rotatable bonds is 5. The average molecular weight is 289 g/mol. The normalized spacial score (nSPS) is 29.6. The van der Waals surface area contributed by atoms with Gasteiger partial charge < -0.3 is 15.0 Å². The topological polar surface area (TPSA) is 37.4 Å². The van der Waals surface area contributed by atoms with Gasteiger partial charge in [-0.05, 0) is 32.4 Å². The van der Waals surface area contributed by atoms with Crippen molar-refractivity contribution in [3.8, 4) is 0 Å². The van der Waals surface area contributed by atoms with Crippen LogP contribution < -0.4 is 10.2 Å². The van der Waals surface area contributed by atoms with Crippen LogP contribution in [0.1, 0.15) is 34.1 Å². The van der Waals surface area contributed by atoms with E-state index in [9.17, 15) is 0 Å². The molecule has 0 spiro atoms. The first kappa shape index (κ1) is 14.6. The molecule has 3 unspecified atom stereocenters. The SMILES string of the molecule is CCN(CC)c1ccc(NC2C3CCOC3C2(C)C)cn1. The first-order valence-corrected chi connectivity index (χ1v) is 8.17. The number of ether oxygens (including phenoxy) is 1. The van der Waals surface area contributed by atoms with Gasteiger partial charge in [0.15, 0.2) is 0 Å². The second kappa shape index (κ2) is 5.48.